The fraction of sp³-hybridized carbons (Fsp3) is 0.286. The number of hydrogen-bond donors (Lipinski definition) is 3. The quantitative estimate of drug-likeness (QED) is 0.675. The van der Waals surface area contributed by atoms with Crippen molar-refractivity contribution in [1.82, 2.24) is 0 Å². The minimum atomic E-state index is -0.417. The minimum Gasteiger partial charge on any atom is -0.382 e. The Labute approximate surface area is 161 Å². The summed E-state index contributed by atoms with van der Waals surface area (Å²) in [6, 6.07) is 8.90. The second-order valence-corrected chi connectivity index (χ2v) is 6.98. The maximum Gasteiger partial charge on any atom is 0.257 e. The lowest BCUT2D eigenvalue weighted by Gasteiger charge is -2.22. The van der Waals surface area contributed by atoms with Crippen molar-refractivity contribution in [1.29, 1.82) is 0 Å². The van der Waals surface area contributed by atoms with E-state index < -0.39 is 5.82 Å². The summed E-state index contributed by atoms with van der Waals surface area (Å²) in [5.74, 6) is -0.627. The molecule has 3 N–H and O–H groups in total. The van der Waals surface area contributed by atoms with Gasteiger partial charge in [0.15, 0.2) is 0 Å². The maximum atomic E-state index is 14.4. The van der Waals surface area contributed by atoms with Gasteiger partial charge in [-0.15, -0.1) is 0 Å². The number of amides is 1. The number of rotatable bonds is 5. The third-order valence-corrected chi connectivity index (χ3v) is 5.04. The number of carbonyl (C=O) groups excluding carboxylic acids is 1. The van der Waals surface area contributed by atoms with Crippen molar-refractivity contribution < 1.29 is 18.3 Å². The Morgan fingerprint density at radius 2 is 1.96 bits per heavy atom. The second kappa shape index (κ2) is 7.98. The molecule has 0 radical (unpaired) electrons. The Balaban J connectivity index is 1.42. The molecule has 0 saturated carbocycles. The van der Waals surface area contributed by atoms with Gasteiger partial charge in [-0.1, -0.05) is 0 Å². The molecule has 1 fully saturated rings. The van der Waals surface area contributed by atoms with Gasteiger partial charge in [0, 0.05) is 37.2 Å². The highest BCUT2D eigenvalue weighted by Gasteiger charge is 2.24. The van der Waals surface area contributed by atoms with E-state index in [2.05, 4.69) is 16.0 Å². The van der Waals surface area contributed by atoms with Crippen LogP contribution in [0.3, 0.4) is 0 Å². The predicted octanol–water partition coefficient (Wildman–Crippen LogP) is 4.21. The molecular weight excluding hydrogens is 364 g/mol. The van der Waals surface area contributed by atoms with E-state index in [0.717, 1.165) is 26.1 Å². The molecule has 0 aromatic heterocycles. The highest BCUT2D eigenvalue weighted by Crippen LogP contribution is 2.32. The Morgan fingerprint density at radius 3 is 2.75 bits per heavy atom. The molecule has 7 heteroatoms. The number of hydrogen-bond acceptors (Lipinski definition) is 4. The summed E-state index contributed by atoms with van der Waals surface area (Å²) in [6.45, 7) is 2.23. The van der Waals surface area contributed by atoms with Crippen LogP contribution in [0.1, 0.15) is 18.4 Å². The summed E-state index contributed by atoms with van der Waals surface area (Å²) in [4.78, 5) is 12.1. The van der Waals surface area contributed by atoms with Gasteiger partial charge in [-0.05, 0) is 55.2 Å². The van der Waals surface area contributed by atoms with E-state index in [1.807, 2.05) is 0 Å². The van der Waals surface area contributed by atoms with E-state index in [0.29, 0.717) is 40.7 Å². The van der Waals surface area contributed by atoms with Crippen LogP contribution in [0.15, 0.2) is 42.6 Å². The zero-order valence-corrected chi connectivity index (χ0v) is 15.2. The van der Waals surface area contributed by atoms with Gasteiger partial charge in [0.2, 0.25) is 0 Å². The van der Waals surface area contributed by atoms with Crippen LogP contribution in [-0.2, 0) is 9.53 Å². The molecule has 1 amide bonds. The lowest BCUT2D eigenvalue weighted by molar-refractivity contribution is -0.110. The third kappa shape index (κ3) is 3.99. The van der Waals surface area contributed by atoms with Gasteiger partial charge in [0.05, 0.1) is 16.9 Å². The summed E-state index contributed by atoms with van der Waals surface area (Å²) in [5.41, 5.74) is 2.37. The Morgan fingerprint density at radius 1 is 1.14 bits per heavy atom. The first kappa shape index (κ1) is 18.4. The summed E-state index contributed by atoms with van der Waals surface area (Å²) in [7, 11) is 0. The summed E-state index contributed by atoms with van der Waals surface area (Å²) in [5, 5.41) is 8.72. The number of carbonyl (C=O) groups is 1. The monoisotopic (exact) mass is 385 g/mol. The molecule has 0 bridgehead atoms. The van der Waals surface area contributed by atoms with Gasteiger partial charge in [-0.2, -0.15) is 0 Å². The Kier molecular flexibility index (Phi) is 5.25. The summed E-state index contributed by atoms with van der Waals surface area (Å²) >= 11 is 0. The first-order valence-corrected chi connectivity index (χ1v) is 9.29. The van der Waals surface area contributed by atoms with Crippen LogP contribution in [0.5, 0.6) is 0 Å². The van der Waals surface area contributed by atoms with E-state index in [-0.39, 0.29) is 11.7 Å². The summed E-state index contributed by atoms with van der Waals surface area (Å²) < 4.78 is 33.0. The number of benzene rings is 2. The van der Waals surface area contributed by atoms with Crippen molar-refractivity contribution in [3.05, 3.63) is 59.8 Å². The number of nitrogens with one attached hydrogen (secondary N) is 3. The fourth-order valence-corrected chi connectivity index (χ4v) is 3.42. The van der Waals surface area contributed by atoms with Crippen LogP contribution in [0.4, 0.5) is 25.8 Å². The SMILES string of the molecule is O=C1Nc2cc(F)ccc2C1=CNc1ccc(NCC2CCOCC2)c(F)c1. The average Bonchev–Trinajstić information content (AvgIpc) is 3.00. The molecule has 0 spiro atoms. The van der Waals surface area contributed by atoms with Gasteiger partial charge in [0.1, 0.15) is 11.6 Å². The zero-order valence-electron chi connectivity index (χ0n) is 15.2. The van der Waals surface area contributed by atoms with Gasteiger partial charge in [0.25, 0.3) is 5.91 Å². The first-order valence-electron chi connectivity index (χ1n) is 9.29. The molecule has 146 valence electrons. The first-order chi connectivity index (χ1) is 13.6. The van der Waals surface area contributed by atoms with Crippen LogP contribution >= 0.6 is 0 Å². The molecule has 2 aliphatic rings. The largest absolute Gasteiger partial charge is 0.382 e. The lowest BCUT2D eigenvalue weighted by Crippen LogP contribution is -2.22. The van der Waals surface area contributed by atoms with Crippen LogP contribution in [-0.4, -0.2) is 25.7 Å². The van der Waals surface area contributed by atoms with E-state index in [1.54, 1.807) is 18.2 Å². The molecule has 0 atom stereocenters. The zero-order chi connectivity index (χ0) is 19.5. The maximum absolute atomic E-state index is 14.4. The van der Waals surface area contributed by atoms with Crippen molar-refractivity contribution in [2.24, 2.45) is 5.92 Å². The second-order valence-electron chi connectivity index (χ2n) is 6.98. The molecule has 5 nitrogen and oxygen atoms in total. The average molecular weight is 385 g/mol. The Bertz CT molecular complexity index is 924. The van der Waals surface area contributed by atoms with E-state index in [9.17, 15) is 13.6 Å². The molecule has 2 aliphatic heterocycles. The minimum absolute atomic E-state index is 0.330. The number of anilines is 3. The van der Waals surface area contributed by atoms with Crippen molar-refractivity contribution >= 4 is 28.5 Å². The molecule has 4 rings (SSSR count). The van der Waals surface area contributed by atoms with E-state index >= 15 is 0 Å². The molecule has 28 heavy (non-hydrogen) atoms. The highest BCUT2D eigenvalue weighted by atomic mass is 19.1. The fourth-order valence-electron chi connectivity index (χ4n) is 3.42. The third-order valence-electron chi connectivity index (χ3n) is 5.04. The van der Waals surface area contributed by atoms with E-state index in [1.165, 1.54) is 24.4 Å². The molecule has 2 aromatic carbocycles. The topological polar surface area (TPSA) is 62.4 Å². The molecule has 0 aliphatic carbocycles. The molecule has 1 saturated heterocycles. The number of halogens is 2. The van der Waals surface area contributed by atoms with Crippen LogP contribution in [0.2, 0.25) is 0 Å². The molecule has 2 heterocycles. The van der Waals surface area contributed by atoms with Crippen molar-refractivity contribution in [3.63, 3.8) is 0 Å². The normalized spacial score (nSPS) is 18.1. The Hall–Kier alpha value is -2.93. The number of ether oxygens (including phenoxy) is 1. The highest BCUT2D eigenvalue weighted by molar-refractivity contribution is 6.31. The number of fused-ring (bicyclic) bond motifs is 1. The van der Waals surface area contributed by atoms with Crippen LogP contribution < -0.4 is 16.0 Å². The van der Waals surface area contributed by atoms with Crippen molar-refractivity contribution in [3.8, 4) is 0 Å². The molecule has 2 aromatic rings. The van der Waals surface area contributed by atoms with Crippen molar-refractivity contribution in [2.75, 3.05) is 35.7 Å². The van der Waals surface area contributed by atoms with Gasteiger partial charge < -0.3 is 20.7 Å². The van der Waals surface area contributed by atoms with Gasteiger partial charge in [-0.3, -0.25) is 4.79 Å². The van der Waals surface area contributed by atoms with E-state index in [4.69, 9.17) is 4.74 Å². The predicted molar refractivity (Wildman–Crippen MR) is 105 cm³/mol. The lowest BCUT2D eigenvalue weighted by atomic mass is 10.0. The molecule has 0 unspecified atom stereocenters. The standard InChI is InChI=1S/C21H21F2N3O2/c22-14-1-3-16-17(21(27)26-20(16)9-14)12-24-15-2-4-19(18(23)10-15)25-11-13-5-7-28-8-6-13/h1-4,9-10,12-13,24-25H,5-8,11H2,(H,26,27). The van der Waals surface area contributed by atoms with Gasteiger partial charge in [-0.25, -0.2) is 8.78 Å². The van der Waals surface area contributed by atoms with Crippen LogP contribution in [0.25, 0.3) is 5.57 Å². The van der Waals surface area contributed by atoms with Gasteiger partial charge >= 0.3 is 0 Å². The van der Waals surface area contributed by atoms with Crippen LogP contribution in [0, 0.1) is 17.6 Å². The summed E-state index contributed by atoms with van der Waals surface area (Å²) in [6.07, 6.45) is 3.47. The smallest absolute Gasteiger partial charge is 0.257 e. The molecular formula is C21H21F2N3O2. The van der Waals surface area contributed by atoms with Crippen molar-refractivity contribution in [2.45, 2.75) is 12.8 Å².